The SMILES string of the molecule is O=[N+]([O-])c1cnc(NC(CN2CCCC2)c2ccccc2)nc1NC1CC1. The van der Waals surface area contributed by atoms with Gasteiger partial charge in [-0.25, -0.2) is 4.98 Å². The van der Waals surface area contributed by atoms with Crippen molar-refractivity contribution in [3.8, 4) is 0 Å². The molecule has 0 bridgehead atoms. The first-order valence-corrected chi connectivity index (χ1v) is 9.51. The van der Waals surface area contributed by atoms with Gasteiger partial charge < -0.3 is 15.5 Å². The summed E-state index contributed by atoms with van der Waals surface area (Å²) < 4.78 is 0. The molecule has 0 radical (unpaired) electrons. The molecule has 8 heteroatoms. The van der Waals surface area contributed by atoms with Gasteiger partial charge in [-0.05, 0) is 44.3 Å². The Morgan fingerprint density at radius 1 is 1.22 bits per heavy atom. The summed E-state index contributed by atoms with van der Waals surface area (Å²) in [5.74, 6) is 0.713. The fourth-order valence-electron chi connectivity index (χ4n) is 3.40. The molecular weight excluding hydrogens is 344 g/mol. The molecule has 1 unspecified atom stereocenters. The van der Waals surface area contributed by atoms with Crippen molar-refractivity contribution >= 4 is 17.5 Å². The fraction of sp³-hybridized carbons (Fsp3) is 0.474. The fourth-order valence-corrected chi connectivity index (χ4v) is 3.40. The molecule has 1 atom stereocenters. The third-order valence-electron chi connectivity index (χ3n) is 5.03. The van der Waals surface area contributed by atoms with E-state index < -0.39 is 4.92 Å². The van der Waals surface area contributed by atoms with E-state index in [4.69, 9.17) is 0 Å². The van der Waals surface area contributed by atoms with Crippen LogP contribution in [0.4, 0.5) is 17.5 Å². The van der Waals surface area contributed by atoms with Crippen LogP contribution in [0.3, 0.4) is 0 Å². The molecule has 1 aromatic heterocycles. The van der Waals surface area contributed by atoms with Crippen molar-refractivity contribution in [1.82, 2.24) is 14.9 Å². The van der Waals surface area contributed by atoms with E-state index in [1.165, 1.54) is 19.0 Å². The number of nitrogens with zero attached hydrogens (tertiary/aromatic N) is 4. The van der Waals surface area contributed by atoms with Gasteiger partial charge in [0.1, 0.15) is 6.20 Å². The molecule has 0 amide bonds. The third-order valence-corrected chi connectivity index (χ3v) is 5.03. The molecule has 1 aliphatic carbocycles. The van der Waals surface area contributed by atoms with E-state index >= 15 is 0 Å². The zero-order valence-corrected chi connectivity index (χ0v) is 15.2. The maximum absolute atomic E-state index is 11.3. The van der Waals surface area contributed by atoms with Crippen molar-refractivity contribution in [3.63, 3.8) is 0 Å². The van der Waals surface area contributed by atoms with Gasteiger partial charge in [0.25, 0.3) is 0 Å². The molecule has 1 aromatic carbocycles. The van der Waals surface area contributed by atoms with Gasteiger partial charge in [-0.2, -0.15) is 4.98 Å². The second-order valence-electron chi connectivity index (χ2n) is 7.22. The molecule has 8 nitrogen and oxygen atoms in total. The van der Waals surface area contributed by atoms with E-state index in [0.29, 0.717) is 11.8 Å². The molecule has 2 heterocycles. The van der Waals surface area contributed by atoms with Crippen LogP contribution in [0.5, 0.6) is 0 Å². The van der Waals surface area contributed by atoms with Crippen molar-refractivity contribution in [2.75, 3.05) is 30.3 Å². The molecule has 142 valence electrons. The zero-order valence-electron chi connectivity index (χ0n) is 15.2. The van der Waals surface area contributed by atoms with Crippen molar-refractivity contribution in [2.45, 2.75) is 37.8 Å². The topological polar surface area (TPSA) is 96.2 Å². The first-order chi connectivity index (χ1) is 13.2. The minimum Gasteiger partial charge on any atom is -0.361 e. The maximum atomic E-state index is 11.3. The quantitative estimate of drug-likeness (QED) is 0.545. The highest BCUT2D eigenvalue weighted by molar-refractivity contribution is 5.58. The van der Waals surface area contributed by atoms with Crippen LogP contribution >= 0.6 is 0 Å². The van der Waals surface area contributed by atoms with Crippen molar-refractivity contribution in [3.05, 3.63) is 52.2 Å². The van der Waals surface area contributed by atoms with Crippen LogP contribution < -0.4 is 10.6 Å². The van der Waals surface area contributed by atoms with Gasteiger partial charge >= 0.3 is 5.69 Å². The summed E-state index contributed by atoms with van der Waals surface area (Å²) in [6.45, 7) is 3.05. The number of likely N-dealkylation sites (tertiary alicyclic amines) is 1. The maximum Gasteiger partial charge on any atom is 0.329 e. The largest absolute Gasteiger partial charge is 0.361 e. The minimum absolute atomic E-state index is 0.0273. The van der Waals surface area contributed by atoms with Crippen molar-refractivity contribution in [2.24, 2.45) is 0 Å². The predicted molar refractivity (Wildman–Crippen MR) is 104 cm³/mol. The molecular formula is C19H24N6O2. The average molecular weight is 368 g/mol. The van der Waals surface area contributed by atoms with E-state index in [9.17, 15) is 10.1 Å². The normalized spacial score (nSPS) is 18.2. The number of nitrogens with one attached hydrogen (secondary N) is 2. The third kappa shape index (κ3) is 4.51. The summed E-state index contributed by atoms with van der Waals surface area (Å²) in [4.78, 5) is 21.9. The summed E-state index contributed by atoms with van der Waals surface area (Å²) in [6.07, 6.45) is 5.78. The molecule has 2 aromatic rings. The minimum atomic E-state index is -0.437. The predicted octanol–water partition coefficient (Wildman–Crippen LogP) is 3.21. The smallest absolute Gasteiger partial charge is 0.329 e. The Bertz CT molecular complexity index is 790. The Morgan fingerprint density at radius 2 is 1.96 bits per heavy atom. The highest BCUT2D eigenvalue weighted by atomic mass is 16.6. The van der Waals surface area contributed by atoms with Crippen LogP contribution in [0.25, 0.3) is 0 Å². The summed E-state index contributed by atoms with van der Waals surface area (Å²) in [7, 11) is 0. The van der Waals surface area contributed by atoms with Crippen LogP contribution in [0.2, 0.25) is 0 Å². The van der Waals surface area contributed by atoms with Crippen LogP contribution in [0.1, 0.15) is 37.3 Å². The van der Waals surface area contributed by atoms with Gasteiger partial charge in [0.15, 0.2) is 0 Å². The highest BCUT2D eigenvalue weighted by Crippen LogP contribution is 2.30. The standard InChI is InChI=1S/C19H24N6O2/c26-25(27)17-12-20-19(23-18(17)21-15-8-9-15)22-16(13-24-10-4-5-11-24)14-6-2-1-3-7-14/h1-3,6-7,12,15-16H,4-5,8-11,13H2,(H2,20,21,22,23). The van der Waals surface area contributed by atoms with Gasteiger partial charge in [0, 0.05) is 12.6 Å². The van der Waals surface area contributed by atoms with Crippen LogP contribution in [0, 0.1) is 10.1 Å². The van der Waals surface area contributed by atoms with Crippen LogP contribution in [0.15, 0.2) is 36.5 Å². The Hall–Kier alpha value is -2.74. The molecule has 0 spiro atoms. The lowest BCUT2D eigenvalue weighted by Crippen LogP contribution is -2.30. The summed E-state index contributed by atoms with van der Waals surface area (Å²) in [5.41, 5.74) is 1.08. The van der Waals surface area contributed by atoms with E-state index in [-0.39, 0.29) is 17.8 Å². The van der Waals surface area contributed by atoms with E-state index in [1.54, 1.807) is 0 Å². The Labute approximate surface area is 158 Å². The average Bonchev–Trinajstić information content (AvgIpc) is 3.34. The number of nitro groups is 1. The second kappa shape index (κ2) is 7.87. The molecule has 1 saturated heterocycles. The number of rotatable bonds is 8. The van der Waals surface area contributed by atoms with E-state index in [0.717, 1.165) is 38.0 Å². The Balaban J connectivity index is 1.56. The summed E-state index contributed by atoms with van der Waals surface area (Å²) >= 11 is 0. The second-order valence-corrected chi connectivity index (χ2v) is 7.22. The van der Waals surface area contributed by atoms with Gasteiger partial charge in [-0.3, -0.25) is 10.1 Å². The molecule has 27 heavy (non-hydrogen) atoms. The van der Waals surface area contributed by atoms with Gasteiger partial charge in [-0.1, -0.05) is 30.3 Å². The monoisotopic (exact) mass is 368 g/mol. The van der Waals surface area contributed by atoms with Crippen LogP contribution in [-0.2, 0) is 0 Å². The number of aromatic nitrogens is 2. The Morgan fingerprint density at radius 3 is 2.63 bits per heavy atom. The lowest BCUT2D eigenvalue weighted by Gasteiger charge is -2.25. The number of benzene rings is 1. The van der Waals surface area contributed by atoms with Crippen molar-refractivity contribution in [1.29, 1.82) is 0 Å². The Kier molecular flexibility index (Phi) is 5.15. The van der Waals surface area contributed by atoms with Crippen molar-refractivity contribution < 1.29 is 4.92 Å². The van der Waals surface area contributed by atoms with E-state index in [1.807, 2.05) is 18.2 Å². The first-order valence-electron chi connectivity index (χ1n) is 9.51. The summed E-state index contributed by atoms with van der Waals surface area (Å²) in [6, 6.07) is 10.5. The van der Waals surface area contributed by atoms with Crippen LogP contribution in [-0.4, -0.2) is 45.5 Å². The van der Waals surface area contributed by atoms with Gasteiger partial charge in [0.2, 0.25) is 11.8 Å². The number of hydrogen-bond acceptors (Lipinski definition) is 7. The molecule has 4 rings (SSSR count). The van der Waals surface area contributed by atoms with Gasteiger partial charge in [0.05, 0.1) is 11.0 Å². The molecule has 2 fully saturated rings. The molecule has 1 saturated carbocycles. The molecule has 2 aliphatic rings. The lowest BCUT2D eigenvalue weighted by molar-refractivity contribution is -0.384. The highest BCUT2D eigenvalue weighted by Gasteiger charge is 2.27. The first kappa shape index (κ1) is 17.7. The zero-order chi connectivity index (χ0) is 18.6. The lowest BCUT2D eigenvalue weighted by atomic mass is 10.1. The number of hydrogen-bond donors (Lipinski definition) is 2. The molecule has 1 aliphatic heterocycles. The van der Waals surface area contributed by atoms with Gasteiger partial charge in [-0.15, -0.1) is 0 Å². The van der Waals surface area contributed by atoms with E-state index in [2.05, 4.69) is 37.6 Å². The summed E-state index contributed by atoms with van der Waals surface area (Å²) in [5, 5.41) is 17.8. The number of anilines is 2. The molecule has 2 N–H and O–H groups in total.